The van der Waals surface area contributed by atoms with Gasteiger partial charge in [-0.15, -0.1) is 0 Å². The van der Waals surface area contributed by atoms with Crippen LogP contribution in [0.5, 0.6) is 0 Å². The highest BCUT2D eigenvalue weighted by Gasteiger charge is 2.38. The molecule has 0 N–H and O–H groups in total. The molecular formula is C19H15F3N2O4. The standard InChI is InChI=1S/C19H15F3N2O4/c1-10-9-13(17(27)16-14(25)3-2-4-15(16)26)18(28)24(23-10)12-7-5-11(6-8-12)19(20,21)22/h5-9,16H,2-4H2,1H3. The third-order valence-corrected chi connectivity index (χ3v) is 4.49. The predicted octanol–water partition coefficient (Wildman–Crippen LogP) is 2.68. The van der Waals surface area contributed by atoms with Gasteiger partial charge < -0.3 is 0 Å². The van der Waals surface area contributed by atoms with Crippen LogP contribution < -0.4 is 5.56 Å². The highest BCUT2D eigenvalue weighted by atomic mass is 19.4. The van der Waals surface area contributed by atoms with Crippen molar-refractivity contribution in [2.45, 2.75) is 32.4 Å². The Kier molecular flexibility index (Phi) is 5.01. The highest BCUT2D eigenvalue weighted by molar-refractivity contribution is 6.25. The quantitative estimate of drug-likeness (QED) is 0.592. The van der Waals surface area contributed by atoms with Crippen molar-refractivity contribution < 1.29 is 27.6 Å². The number of Topliss-reactive ketones (excluding diaryl/α,β-unsaturated/α-hetero) is 3. The van der Waals surface area contributed by atoms with Gasteiger partial charge in [-0.3, -0.25) is 19.2 Å². The molecule has 1 aliphatic carbocycles. The molecule has 1 aromatic carbocycles. The maximum Gasteiger partial charge on any atom is 0.416 e. The molecule has 0 bridgehead atoms. The summed E-state index contributed by atoms with van der Waals surface area (Å²) in [7, 11) is 0. The molecule has 1 saturated carbocycles. The lowest BCUT2D eigenvalue weighted by atomic mass is 9.82. The second-order valence-electron chi connectivity index (χ2n) is 6.54. The Balaban J connectivity index is 2.05. The zero-order valence-corrected chi connectivity index (χ0v) is 14.7. The number of rotatable bonds is 3. The normalized spacial score (nSPS) is 15.7. The van der Waals surface area contributed by atoms with E-state index in [0.29, 0.717) is 6.42 Å². The molecule has 1 aliphatic rings. The van der Waals surface area contributed by atoms with Crippen molar-refractivity contribution in [3.63, 3.8) is 0 Å². The number of benzene rings is 1. The van der Waals surface area contributed by atoms with Gasteiger partial charge in [-0.25, -0.2) is 0 Å². The lowest BCUT2D eigenvalue weighted by Crippen LogP contribution is -2.39. The fourth-order valence-corrected chi connectivity index (χ4v) is 3.11. The number of carbonyl (C=O) groups is 3. The number of hydrogen-bond acceptors (Lipinski definition) is 5. The number of halogens is 3. The van der Waals surface area contributed by atoms with Crippen molar-refractivity contribution in [1.29, 1.82) is 0 Å². The summed E-state index contributed by atoms with van der Waals surface area (Å²) in [5.74, 6) is -3.47. The average molecular weight is 392 g/mol. The Labute approximate surface area is 157 Å². The van der Waals surface area contributed by atoms with Crippen molar-refractivity contribution in [2.24, 2.45) is 5.92 Å². The third-order valence-electron chi connectivity index (χ3n) is 4.49. The monoisotopic (exact) mass is 392 g/mol. The van der Waals surface area contributed by atoms with E-state index >= 15 is 0 Å². The summed E-state index contributed by atoms with van der Waals surface area (Å²) in [5.41, 5.74) is -1.93. The molecule has 0 amide bonds. The van der Waals surface area contributed by atoms with Crippen LogP contribution in [0.25, 0.3) is 5.69 Å². The van der Waals surface area contributed by atoms with Gasteiger partial charge in [-0.1, -0.05) is 0 Å². The Morgan fingerprint density at radius 3 is 2.18 bits per heavy atom. The van der Waals surface area contributed by atoms with Crippen LogP contribution in [0.3, 0.4) is 0 Å². The molecule has 3 rings (SSSR count). The van der Waals surface area contributed by atoms with Gasteiger partial charge in [0, 0.05) is 12.8 Å². The first-order valence-electron chi connectivity index (χ1n) is 8.48. The maximum absolute atomic E-state index is 12.7. The minimum atomic E-state index is -4.54. The number of aromatic nitrogens is 2. The molecule has 2 aromatic rings. The van der Waals surface area contributed by atoms with Crippen molar-refractivity contribution in [3.8, 4) is 5.69 Å². The third kappa shape index (κ3) is 3.64. The maximum atomic E-state index is 12.7. The first-order chi connectivity index (χ1) is 13.1. The average Bonchev–Trinajstić information content (AvgIpc) is 2.62. The van der Waals surface area contributed by atoms with Crippen LogP contribution in [0.2, 0.25) is 0 Å². The topological polar surface area (TPSA) is 86.1 Å². The lowest BCUT2D eigenvalue weighted by molar-refractivity contribution is -0.137. The molecule has 6 nitrogen and oxygen atoms in total. The Bertz CT molecular complexity index is 1010. The van der Waals surface area contributed by atoms with E-state index in [1.807, 2.05) is 0 Å². The summed E-state index contributed by atoms with van der Waals surface area (Å²) in [6.45, 7) is 1.49. The largest absolute Gasteiger partial charge is 0.416 e. The first-order valence-corrected chi connectivity index (χ1v) is 8.48. The first kappa shape index (κ1) is 19.7. The molecule has 146 valence electrons. The molecule has 0 atom stereocenters. The van der Waals surface area contributed by atoms with E-state index in [2.05, 4.69) is 5.10 Å². The summed E-state index contributed by atoms with van der Waals surface area (Å²) in [6, 6.07) is 4.88. The number of aryl methyl sites for hydroxylation is 1. The summed E-state index contributed by atoms with van der Waals surface area (Å²) in [6.07, 6.45) is -4.00. The van der Waals surface area contributed by atoms with E-state index in [0.717, 1.165) is 28.9 Å². The minimum Gasteiger partial charge on any atom is -0.298 e. The summed E-state index contributed by atoms with van der Waals surface area (Å²) < 4.78 is 39.0. The molecule has 0 aliphatic heterocycles. The number of alkyl halides is 3. The number of ketones is 3. The van der Waals surface area contributed by atoms with Crippen LogP contribution in [0.4, 0.5) is 13.2 Å². The van der Waals surface area contributed by atoms with E-state index < -0.39 is 40.6 Å². The lowest BCUT2D eigenvalue weighted by Gasteiger charge is -2.18. The van der Waals surface area contributed by atoms with Crippen LogP contribution >= 0.6 is 0 Å². The fourth-order valence-electron chi connectivity index (χ4n) is 3.11. The summed E-state index contributed by atoms with van der Waals surface area (Å²) >= 11 is 0. The summed E-state index contributed by atoms with van der Waals surface area (Å²) in [5, 5.41) is 3.96. The second-order valence-corrected chi connectivity index (χ2v) is 6.54. The number of carbonyl (C=O) groups excluding carboxylic acids is 3. The Morgan fingerprint density at radius 1 is 1.07 bits per heavy atom. The molecule has 0 radical (unpaired) electrons. The van der Waals surface area contributed by atoms with Crippen LogP contribution in [-0.4, -0.2) is 27.1 Å². The van der Waals surface area contributed by atoms with Gasteiger partial charge in [0.05, 0.1) is 22.5 Å². The molecule has 1 fully saturated rings. The van der Waals surface area contributed by atoms with Gasteiger partial charge in [0.1, 0.15) is 5.92 Å². The Hall–Kier alpha value is -3.10. The van der Waals surface area contributed by atoms with Crippen LogP contribution in [0.1, 0.15) is 40.9 Å². The Morgan fingerprint density at radius 2 is 1.64 bits per heavy atom. The van der Waals surface area contributed by atoms with Crippen LogP contribution in [0, 0.1) is 12.8 Å². The second kappa shape index (κ2) is 7.14. The molecule has 0 spiro atoms. The molecule has 1 aromatic heterocycles. The van der Waals surface area contributed by atoms with Gasteiger partial charge >= 0.3 is 6.18 Å². The fraction of sp³-hybridized carbons (Fsp3) is 0.316. The number of hydrogen-bond donors (Lipinski definition) is 0. The van der Waals surface area contributed by atoms with E-state index in [-0.39, 0.29) is 29.8 Å². The predicted molar refractivity (Wildman–Crippen MR) is 91.3 cm³/mol. The number of nitrogens with zero attached hydrogens (tertiary/aromatic N) is 2. The molecule has 28 heavy (non-hydrogen) atoms. The smallest absolute Gasteiger partial charge is 0.298 e. The molecular weight excluding hydrogens is 377 g/mol. The molecule has 0 saturated heterocycles. The van der Waals surface area contributed by atoms with Crippen molar-refractivity contribution in [3.05, 3.63) is 57.5 Å². The van der Waals surface area contributed by atoms with Gasteiger partial charge in [0.25, 0.3) is 5.56 Å². The molecule has 1 heterocycles. The minimum absolute atomic E-state index is 0.0250. The summed E-state index contributed by atoms with van der Waals surface area (Å²) in [4.78, 5) is 49.5. The van der Waals surface area contributed by atoms with E-state index in [9.17, 15) is 32.3 Å². The molecule has 9 heteroatoms. The van der Waals surface area contributed by atoms with Gasteiger partial charge in [0.15, 0.2) is 17.3 Å². The van der Waals surface area contributed by atoms with Gasteiger partial charge in [0.2, 0.25) is 0 Å². The van der Waals surface area contributed by atoms with E-state index in [1.165, 1.54) is 13.0 Å². The van der Waals surface area contributed by atoms with Gasteiger partial charge in [-0.2, -0.15) is 23.0 Å². The molecule has 0 unspecified atom stereocenters. The highest BCUT2D eigenvalue weighted by Crippen LogP contribution is 2.29. The van der Waals surface area contributed by atoms with Crippen molar-refractivity contribution in [1.82, 2.24) is 9.78 Å². The van der Waals surface area contributed by atoms with Crippen molar-refractivity contribution >= 4 is 17.3 Å². The van der Waals surface area contributed by atoms with E-state index in [1.54, 1.807) is 0 Å². The van der Waals surface area contributed by atoms with Crippen LogP contribution in [-0.2, 0) is 15.8 Å². The zero-order valence-electron chi connectivity index (χ0n) is 14.7. The SMILES string of the molecule is Cc1cc(C(=O)C2C(=O)CCCC2=O)c(=O)n(-c2ccc(C(F)(F)F)cc2)n1. The van der Waals surface area contributed by atoms with E-state index in [4.69, 9.17) is 0 Å². The zero-order chi connectivity index (χ0) is 20.6. The van der Waals surface area contributed by atoms with Crippen LogP contribution in [0.15, 0.2) is 35.1 Å². The van der Waals surface area contributed by atoms with Crippen molar-refractivity contribution in [2.75, 3.05) is 0 Å². The van der Waals surface area contributed by atoms with Gasteiger partial charge in [-0.05, 0) is 43.7 Å².